The van der Waals surface area contributed by atoms with Crippen LogP contribution in [0.4, 0.5) is 4.39 Å². The molecular formula is C16H15FO2. The summed E-state index contributed by atoms with van der Waals surface area (Å²) in [5.41, 5.74) is 0.963. The molecule has 0 unspecified atom stereocenters. The molecular weight excluding hydrogens is 243 g/mol. The van der Waals surface area contributed by atoms with Gasteiger partial charge in [-0.05, 0) is 29.7 Å². The van der Waals surface area contributed by atoms with Gasteiger partial charge in [0.15, 0.2) is 6.29 Å². The van der Waals surface area contributed by atoms with Crippen molar-refractivity contribution in [2.24, 2.45) is 0 Å². The van der Waals surface area contributed by atoms with Crippen molar-refractivity contribution >= 4 is 6.29 Å². The van der Waals surface area contributed by atoms with Crippen LogP contribution < -0.4 is 4.74 Å². The quantitative estimate of drug-likeness (QED) is 0.752. The van der Waals surface area contributed by atoms with E-state index in [0.717, 1.165) is 5.56 Å². The molecule has 0 aliphatic carbocycles. The Morgan fingerprint density at radius 2 is 1.74 bits per heavy atom. The molecule has 0 heterocycles. The lowest BCUT2D eigenvalue weighted by Crippen LogP contribution is -1.97. The first-order valence-corrected chi connectivity index (χ1v) is 6.14. The van der Waals surface area contributed by atoms with Crippen LogP contribution in [0.5, 0.6) is 11.5 Å². The predicted molar refractivity (Wildman–Crippen MR) is 72.4 cm³/mol. The topological polar surface area (TPSA) is 26.3 Å². The maximum atomic E-state index is 13.5. The first-order valence-electron chi connectivity index (χ1n) is 6.14. The number of hydrogen-bond donors (Lipinski definition) is 0. The zero-order valence-corrected chi connectivity index (χ0v) is 10.9. The van der Waals surface area contributed by atoms with E-state index < -0.39 is 5.82 Å². The van der Waals surface area contributed by atoms with Crippen LogP contribution in [-0.4, -0.2) is 6.29 Å². The van der Waals surface area contributed by atoms with Gasteiger partial charge in [-0.15, -0.1) is 0 Å². The number of benzene rings is 2. The summed E-state index contributed by atoms with van der Waals surface area (Å²) < 4.78 is 19.2. The minimum atomic E-state index is -0.575. The summed E-state index contributed by atoms with van der Waals surface area (Å²) in [6.45, 7) is 4.10. The molecule has 0 radical (unpaired) electrons. The molecule has 19 heavy (non-hydrogen) atoms. The first kappa shape index (κ1) is 13.3. The van der Waals surface area contributed by atoms with Crippen LogP contribution >= 0.6 is 0 Å². The number of hydrogen-bond acceptors (Lipinski definition) is 2. The van der Waals surface area contributed by atoms with Crippen molar-refractivity contribution in [1.82, 2.24) is 0 Å². The van der Waals surface area contributed by atoms with Crippen molar-refractivity contribution in [2.45, 2.75) is 19.8 Å². The van der Waals surface area contributed by atoms with Crippen LogP contribution in [0.2, 0.25) is 0 Å². The SMILES string of the molecule is CC(C)c1ccccc1Oc1cccc(F)c1C=O. The monoisotopic (exact) mass is 258 g/mol. The molecule has 2 aromatic rings. The second kappa shape index (κ2) is 5.65. The predicted octanol–water partition coefficient (Wildman–Crippen LogP) is 4.55. The van der Waals surface area contributed by atoms with Gasteiger partial charge in [-0.1, -0.05) is 38.1 Å². The standard InChI is InChI=1S/C16H15FO2/c1-11(2)12-6-3-4-8-15(12)19-16-9-5-7-14(17)13(16)10-18/h3-11H,1-2H3. The highest BCUT2D eigenvalue weighted by Gasteiger charge is 2.12. The lowest BCUT2D eigenvalue weighted by Gasteiger charge is -2.14. The number of carbonyl (C=O) groups is 1. The third-order valence-corrected chi connectivity index (χ3v) is 2.89. The summed E-state index contributed by atoms with van der Waals surface area (Å²) in [6.07, 6.45) is 0.475. The Hall–Kier alpha value is -2.16. The van der Waals surface area contributed by atoms with Crippen molar-refractivity contribution in [3.8, 4) is 11.5 Å². The minimum absolute atomic E-state index is 0.0546. The summed E-state index contributed by atoms with van der Waals surface area (Å²) >= 11 is 0. The van der Waals surface area contributed by atoms with Gasteiger partial charge in [-0.2, -0.15) is 0 Å². The highest BCUT2D eigenvalue weighted by atomic mass is 19.1. The molecule has 0 aliphatic rings. The normalized spacial score (nSPS) is 10.5. The van der Waals surface area contributed by atoms with Crippen LogP contribution in [0.15, 0.2) is 42.5 Å². The number of para-hydroxylation sites is 1. The Bertz CT molecular complexity index is 591. The zero-order valence-electron chi connectivity index (χ0n) is 10.9. The van der Waals surface area contributed by atoms with Crippen LogP contribution in [0, 0.1) is 5.82 Å². The summed E-state index contributed by atoms with van der Waals surface area (Å²) in [5.74, 6) is 0.591. The lowest BCUT2D eigenvalue weighted by molar-refractivity contribution is 0.111. The molecule has 0 aromatic heterocycles. The Labute approximate surface area is 111 Å². The van der Waals surface area contributed by atoms with Gasteiger partial charge in [0, 0.05) is 0 Å². The van der Waals surface area contributed by atoms with E-state index in [1.165, 1.54) is 12.1 Å². The zero-order chi connectivity index (χ0) is 13.8. The number of rotatable bonds is 4. The van der Waals surface area contributed by atoms with E-state index in [4.69, 9.17) is 4.74 Å². The van der Waals surface area contributed by atoms with Gasteiger partial charge in [0.1, 0.15) is 17.3 Å². The van der Waals surface area contributed by atoms with Crippen molar-refractivity contribution < 1.29 is 13.9 Å². The third kappa shape index (κ3) is 2.81. The van der Waals surface area contributed by atoms with E-state index in [2.05, 4.69) is 13.8 Å². The van der Waals surface area contributed by atoms with Crippen molar-refractivity contribution in [1.29, 1.82) is 0 Å². The maximum Gasteiger partial charge on any atom is 0.156 e. The van der Waals surface area contributed by atoms with E-state index in [1.54, 1.807) is 6.07 Å². The lowest BCUT2D eigenvalue weighted by atomic mass is 10.0. The highest BCUT2D eigenvalue weighted by Crippen LogP contribution is 2.32. The summed E-state index contributed by atoms with van der Waals surface area (Å²) in [7, 11) is 0. The molecule has 0 amide bonds. The first-order chi connectivity index (χ1) is 9.13. The minimum Gasteiger partial charge on any atom is -0.456 e. The van der Waals surface area contributed by atoms with Gasteiger partial charge in [0.05, 0.1) is 5.56 Å². The van der Waals surface area contributed by atoms with Gasteiger partial charge in [0.25, 0.3) is 0 Å². The average Bonchev–Trinajstić information content (AvgIpc) is 2.39. The molecule has 0 spiro atoms. The number of aldehydes is 1. The summed E-state index contributed by atoms with van der Waals surface area (Å²) in [4.78, 5) is 10.9. The molecule has 98 valence electrons. The van der Waals surface area contributed by atoms with Crippen LogP contribution in [0.1, 0.15) is 35.7 Å². The van der Waals surface area contributed by atoms with Gasteiger partial charge < -0.3 is 4.74 Å². The second-order valence-electron chi connectivity index (χ2n) is 4.56. The number of halogens is 1. The molecule has 2 nitrogen and oxygen atoms in total. The maximum absolute atomic E-state index is 13.5. The largest absolute Gasteiger partial charge is 0.456 e. The fourth-order valence-electron chi connectivity index (χ4n) is 1.89. The molecule has 0 saturated carbocycles. The molecule has 2 rings (SSSR count). The van der Waals surface area contributed by atoms with Crippen molar-refractivity contribution in [3.63, 3.8) is 0 Å². The van der Waals surface area contributed by atoms with E-state index in [0.29, 0.717) is 12.0 Å². The van der Waals surface area contributed by atoms with E-state index in [-0.39, 0.29) is 17.2 Å². The number of ether oxygens (including phenoxy) is 1. The van der Waals surface area contributed by atoms with Crippen molar-refractivity contribution in [3.05, 3.63) is 59.4 Å². The van der Waals surface area contributed by atoms with Crippen LogP contribution in [-0.2, 0) is 0 Å². The molecule has 0 fully saturated rings. The van der Waals surface area contributed by atoms with E-state index >= 15 is 0 Å². The Morgan fingerprint density at radius 1 is 1.05 bits per heavy atom. The van der Waals surface area contributed by atoms with Crippen LogP contribution in [0.25, 0.3) is 0 Å². The third-order valence-electron chi connectivity index (χ3n) is 2.89. The van der Waals surface area contributed by atoms with E-state index in [9.17, 15) is 9.18 Å². The molecule has 3 heteroatoms. The summed E-state index contributed by atoms with van der Waals surface area (Å²) in [6, 6.07) is 11.9. The van der Waals surface area contributed by atoms with Gasteiger partial charge in [0.2, 0.25) is 0 Å². The van der Waals surface area contributed by atoms with E-state index in [1.807, 2.05) is 24.3 Å². The molecule has 0 saturated heterocycles. The Kier molecular flexibility index (Phi) is 3.95. The average molecular weight is 258 g/mol. The van der Waals surface area contributed by atoms with Gasteiger partial charge in [-0.25, -0.2) is 4.39 Å². The Balaban J connectivity index is 2.42. The highest BCUT2D eigenvalue weighted by molar-refractivity contribution is 5.79. The smallest absolute Gasteiger partial charge is 0.156 e. The molecule has 2 aromatic carbocycles. The molecule has 0 N–H and O–H groups in total. The fourth-order valence-corrected chi connectivity index (χ4v) is 1.89. The second-order valence-corrected chi connectivity index (χ2v) is 4.56. The molecule has 0 aliphatic heterocycles. The van der Waals surface area contributed by atoms with Gasteiger partial charge in [-0.3, -0.25) is 4.79 Å². The molecule has 0 atom stereocenters. The van der Waals surface area contributed by atoms with Gasteiger partial charge >= 0.3 is 0 Å². The fraction of sp³-hybridized carbons (Fsp3) is 0.188. The molecule has 0 bridgehead atoms. The Morgan fingerprint density at radius 3 is 2.42 bits per heavy atom. The van der Waals surface area contributed by atoms with Crippen LogP contribution in [0.3, 0.4) is 0 Å². The summed E-state index contributed by atoms with van der Waals surface area (Å²) in [5, 5.41) is 0. The van der Waals surface area contributed by atoms with Crippen molar-refractivity contribution in [2.75, 3.05) is 0 Å². The number of carbonyl (C=O) groups excluding carboxylic acids is 1.